The predicted octanol–water partition coefficient (Wildman–Crippen LogP) is 1.75. The summed E-state index contributed by atoms with van der Waals surface area (Å²) in [5.41, 5.74) is 0.569. The molecule has 106 valence electrons. The minimum Gasteiger partial charge on any atom is -0.491 e. The van der Waals surface area contributed by atoms with Crippen molar-refractivity contribution >= 4 is 15.9 Å². The van der Waals surface area contributed by atoms with Gasteiger partial charge in [-0.3, -0.25) is 4.79 Å². The highest BCUT2D eigenvalue weighted by atomic mass is 79.9. The summed E-state index contributed by atoms with van der Waals surface area (Å²) in [6.07, 6.45) is 0.788. The van der Waals surface area contributed by atoms with Gasteiger partial charge < -0.3 is 9.84 Å². The predicted molar refractivity (Wildman–Crippen MR) is 78.9 cm³/mol. The van der Waals surface area contributed by atoms with Gasteiger partial charge in [0.25, 0.3) is 5.56 Å². The zero-order chi connectivity index (χ0) is 14.5. The molecule has 0 aliphatic rings. The average molecular weight is 339 g/mol. The highest BCUT2D eigenvalue weighted by Crippen LogP contribution is 2.16. The lowest BCUT2D eigenvalue weighted by molar-refractivity contribution is 0.0879. The maximum Gasteiger partial charge on any atom is 0.267 e. The van der Waals surface area contributed by atoms with Crippen LogP contribution in [0.4, 0.5) is 0 Å². The van der Waals surface area contributed by atoms with E-state index in [-0.39, 0.29) is 18.7 Å². The quantitative estimate of drug-likeness (QED) is 0.902. The number of aliphatic hydroxyl groups excluding tert-OH is 1. The van der Waals surface area contributed by atoms with Crippen LogP contribution in [-0.4, -0.2) is 27.6 Å². The first-order chi connectivity index (χ1) is 9.54. The molecule has 0 saturated carbocycles. The largest absolute Gasteiger partial charge is 0.491 e. The van der Waals surface area contributed by atoms with Crippen molar-refractivity contribution in [3.63, 3.8) is 0 Å². The summed E-state index contributed by atoms with van der Waals surface area (Å²) < 4.78 is 7.63. The SMILES string of the molecule is Cc1cnn(CC(O)COc2ccc(Br)cc2)c(=O)c1. The Hall–Kier alpha value is -1.66. The summed E-state index contributed by atoms with van der Waals surface area (Å²) in [5.74, 6) is 0.663. The van der Waals surface area contributed by atoms with Crippen LogP contribution in [0.25, 0.3) is 0 Å². The molecule has 2 aromatic rings. The van der Waals surface area contributed by atoms with Crippen LogP contribution in [0.2, 0.25) is 0 Å². The van der Waals surface area contributed by atoms with Gasteiger partial charge in [-0.25, -0.2) is 4.68 Å². The molecular formula is C14H15BrN2O3. The van der Waals surface area contributed by atoms with Crippen LogP contribution in [0.1, 0.15) is 5.56 Å². The van der Waals surface area contributed by atoms with Gasteiger partial charge in [-0.1, -0.05) is 15.9 Å². The Morgan fingerprint density at radius 2 is 2.10 bits per heavy atom. The monoisotopic (exact) mass is 338 g/mol. The molecule has 0 saturated heterocycles. The number of halogens is 1. The van der Waals surface area contributed by atoms with Crippen molar-refractivity contribution in [3.05, 3.63) is 56.9 Å². The van der Waals surface area contributed by atoms with Crippen LogP contribution in [0.3, 0.4) is 0 Å². The standard InChI is InChI=1S/C14H15BrN2O3/c1-10-6-14(19)17(16-7-10)8-12(18)9-20-13-4-2-11(15)3-5-13/h2-7,12,18H,8-9H2,1H3. The molecule has 0 aliphatic heterocycles. The molecule has 1 N–H and O–H groups in total. The molecule has 1 atom stereocenters. The zero-order valence-corrected chi connectivity index (χ0v) is 12.6. The molecule has 0 spiro atoms. The van der Waals surface area contributed by atoms with Crippen molar-refractivity contribution in [3.8, 4) is 5.75 Å². The summed E-state index contributed by atoms with van der Waals surface area (Å²) in [4.78, 5) is 11.6. The normalized spacial score (nSPS) is 12.2. The van der Waals surface area contributed by atoms with Gasteiger partial charge >= 0.3 is 0 Å². The summed E-state index contributed by atoms with van der Waals surface area (Å²) in [7, 11) is 0. The Kier molecular flexibility index (Phi) is 4.92. The van der Waals surface area contributed by atoms with E-state index in [4.69, 9.17) is 4.74 Å². The molecule has 20 heavy (non-hydrogen) atoms. The number of ether oxygens (including phenoxy) is 1. The van der Waals surface area contributed by atoms with Crippen LogP contribution in [0, 0.1) is 6.92 Å². The third-order valence-electron chi connectivity index (χ3n) is 2.65. The van der Waals surface area contributed by atoms with Crippen LogP contribution < -0.4 is 10.3 Å². The number of aromatic nitrogens is 2. The number of rotatable bonds is 5. The zero-order valence-electron chi connectivity index (χ0n) is 11.0. The Morgan fingerprint density at radius 1 is 1.40 bits per heavy atom. The van der Waals surface area contributed by atoms with Crippen molar-refractivity contribution in [1.29, 1.82) is 0 Å². The second-order valence-electron chi connectivity index (χ2n) is 4.47. The first-order valence-electron chi connectivity index (χ1n) is 6.15. The van der Waals surface area contributed by atoms with E-state index < -0.39 is 6.10 Å². The van der Waals surface area contributed by atoms with E-state index in [1.54, 1.807) is 25.3 Å². The van der Waals surface area contributed by atoms with Gasteiger partial charge in [0, 0.05) is 10.5 Å². The second-order valence-corrected chi connectivity index (χ2v) is 5.39. The molecule has 0 fully saturated rings. The van der Waals surface area contributed by atoms with E-state index in [0.29, 0.717) is 5.75 Å². The van der Waals surface area contributed by atoms with Gasteiger partial charge in [0.05, 0.1) is 12.7 Å². The van der Waals surface area contributed by atoms with E-state index in [1.165, 1.54) is 10.7 Å². The lowest BCUT2D eigenvalue weighted by Gasteiger charge is -2.13. The van der Waals surface area contributed by atoms with Crippen molar-refractivity contribution in [1.82, 2.24) is 9.78 Å². The van der Waals surface area contributed by atoms with Gasteiger partial charge in [-0.15, -0.1) is 0 Å². The average Bonchev–Trinajstić information content (AvgIpc) is 2.41. The summed E-state index contributed by atoms with van der Waals surface area (Å²) in [6, 6.07) is 8.79. The van der Waals surface area contributed by atoms with E-state index in [0.717, 1.165) is 10.0 Å². The van der Waals surface area contributed by atoms with Gasteiger partial charge in [-0.05, 0) is 36.8 Å². The maximum absolute atomic E-state index is 11.6. The lowest BCUT2D eigenvalue weighted by atomic mass is 10.3. The molecule has 0 bridgehead atoms. The molecule has 0 amide bonds. The number of aliphatic hydroxyl groups is 1. The molecule has 1 aromatic carbocycles. The van der Waals surface area contributed by atoms with Crippen LogP contribution >= 0.6 is 15.9 Å². The van der Waals surface area contributed by atoms with E-state index in [9.17, 15) is 9.90 Å². The summed E-state index contributed by atoms with van der Waals surface area (Å²) >= 11 is 3.33. The number of hydrogen-bond donors (Lipinski definition) is 1. The minimum atomic E-state index is -0.799. The first-order valence-corrected chi connectivity index (χ1v) is 6.94. The maximum atomic E-state index is 11.6. The van der Waals surface area contributed by atoms with Gasteiger partial charge in [0.1, 0.15) is 18.5 Å². The third-order valence-corrected chi connectivity index (χ3v) is 3.17. The molecule has 0 aliphatic carbocycles. The Labute approximate surface area is 125 Å². The third kappa shape index (κ3) is 4.18. The van der Waals surface area contributed by atoms with Crippen molar-refractivity contribution in [2.24, 2.45) is 0 Å². The fraction of sp³-hybridized carbons (Fsp3) is 0.286. The van der Waals surface area contributed by atoms with Gasteiger partial charge in [0.15, 0.2) is 0 Å². The molecule has 1 aromatic heterocycles. The van der Waals surface area contributed by atoms with Crippen molar-refractivity contribution in [2.45, 2.75) is 19.6 Å². The van der Waals surface area contributed by atoms with E-state index in [2.05, 4.69) is 21.0 Å². The Balaban J connectivity index is 1.90. The highest BCUT2D eigenvalue weighted by Gasteiger charge is 2.08. The van der Waals surface area contributed by atoms with Gasteiger partial charge in [-0.2, -0.15) is 5.10 Å². The minimum absolute atomic E-state index is 0.101. The number of aryl methyl sites for hydroxylation is 1. The van der Waals surface area contributed by atoms with Crippen LogP contribution in [0.15, 0.2) is 45.8 Å². The van der Waals surface area contributed by atoms with Crippen LogP contribution in [-0.2, 0) is 6.54 Å². The highest BCUT2D eigenvalue weighted by molar-refractivity contribution is 9.10. The summed E-state index contributed by atoms with van der Waals surface area (Å²) in [6.45, 7) is 2.01. The number of nitrogens with zero attached hydrogens (tertiary/aromatic N) is 2. The topological polar surface area (TPSA) is 64.3 Å². The first kappa shape index (κ1) is 14.7. The van der Waals surface area contributed by atoms with E-state index >= 15 is 0 Å². The Bertz CT molecular complexity index is 625. The van der Waals surface area contributed by atoms with Crippen molar-refractivity contribution in [2.75, 3.05) is 6.61 Å². The number of benzene rings is 1. The fourth-order valence-corrected chi connectivity index (χ4v) is 1.90. The van der Waals surface area contributed by atoms with Crippen LogP contribution in [0.5, 0.6) is 5.75 Å². The molecule has 5 nitrogen and oxygen atoms in total. The molecule has 0 radical (unpaired) electrons. The molecule has 1 heterocycles. The second kappa shape index (κ2) is 6.67. The Morgan fingerprint density at radius 3 is 2.75 bits per heavy atom. The molecular weight excluding hydrogens is 324 g/mol. The van der Waals surface area contributed by atoms with Crippen molar-refractivity contribution < 1.29 is 9.84 Å². The molecule has 1 unspecified atom stereocenters. The fourth-order valence-electron chi connectivity index (χ4n) is 1.64. The number of hydrogen-bond acceptors (Lipinski definition) is 4. The lowest BCUT2D eigenvalue weighted by Crippen LogP contribution is -2.31. The smallest absolute Gasteiger partial charge is 0.267 e. The summed E-state index contributed by atoms with van der Waals surface area (Å²) in [5, 5.41) is 13.8. The van der Waals surface area contributed by atoms with E-state index in [1.807, 2.05) is 12.1 Å². The van der Waals surface area contributed by atoms with Gasteiger partial charge in [0.2, 0.25) is 0 Å². The molecule has 6 heteroatoms. The molecule has 2 rings (SSSR count).